The average molecular weight is 364 g/mol. The van der Waals surface area contributed by atoms with Crippen molar-refractivity contribution in [3.63, 3.8) is 0 Å². The molecule has 3 heterocycles. The number of benzene rings is 1. The van der Waals surface area contributed by atoms with E-state index in [0.29, 0.717) is 13.0 Å². The molecular weight excluding hydrogens is 336 g/mol. The quantitative estimate of drug-likeness (QED) is 0.859. The highest BCUT2D eigenvalue weighted by Gasteiger charge is 2.36. The van der Waals surface area contributed by atoms with Crippen LogP contribution in [0.1, 0.15) is 42.5 Å². The molecule has 0 unspecified atom stereocenters. The van der Waals surface area contributed by atoms with Crippen LogP contribution in [-0.2, 0) is 17.9 Å². The van der Waals surface area contributed by atoms with E-state index in [1.54, 1.807) is 0 Å². The molecule has 5 heteroatoms. The van der Waals surface area contributed by atoms with Gasteiger partial charge in [-0.15, -0.1) is 0 Å². The van der Waals surface area contributed by atoms with Crippen molar-refractivity contribution in [2.24, 2.45) is 0 Å². The molecule has 27 heavy (non-hydrogen) atoms. The number of hydrogen-bond acceptors (Lipinski definition) is 4. The van der Waals surface area contributed by atoms with Crippen molar-refractivity contribution < 1.29 is 4.79 Å². The zero-order valence-electron chi connectivity index (χ0n) is 16.0. The predicted octanol–water partition coefficient (Wildman–Crippen LogP) is 3.25. The lowest BCUT2D eigenvalue weighted by atomic mass is 9.85. The summed E-state index contributed by atoms with van der Waals surface area (Å²) < 4.78 is 0. The zero-order chi connectivity index (χ0) is 18.7. The molecular formula is C22H28N4O. The lowest BCUT2D eigenvalue weighted by Gasteiger charge is -2.37. The number of para-hydroxylation sites is 1. The smallest absolute Gasteiger partial charge is 0.222 e. The van der Waals surface area contributed by atoms with Crippen LogP contribution < -0.4 is 10.6 Å². The van der Waals surface area contributed by atoms with Gasteiger partial charge in [0.2, 0.25) is 5.91 Å². The first-order valence-electron chi connectivity index (χ1n) is 9.89. The molecule has 142 valence electrons. The van der Waals surface area contributed by atoms with Gasteiger partial charge in [-0.05, 0) is 56.0 Å². The molecule has 0 saturated carbocycles. The van der Waals surface area contributed by atoms with Gasteiger partial charge in [-0.3, -0.25) is 14.7 Å². The molecule has 1 aromatic heterocycles. The fraction of sp³-hybridized carbons (Fsp3) is 0.455. The van der Waals surface area contributed by atoms with Crippen LogP contribution in [0.5, 0.6) is 0 Å². The van der Waals surface area contributed by atoms with Crippen LogP contribution in [-0.4, -0.2) is 34.4 Å². The monoisotopic (exact) mass is 364 g/mol. The van der Waals surface area contributed by atoms with Gasteiger partial charge in [0.1, 0.15) is 0 Å². The minimum Gasteiger partial charge on any atom is -0.379 e. The lowest BCUT2D eigenvalue weighted by Crippen LogP contribution is -2.46. The van der Waals surface area contributed by atoms with Gasteiger partial charge in [-0.1, -0.05) is 24.3 Å². The third-order valence-electron chi connectivity index (χ3n) is 5.92. The molecule has 1 saturated heterocycles. The van der Waals surface area contributed by atoms with Crippen molar-refractivity contribution in [1.29, 1.82) is 0 Å². The molecule has 2 N–H and O–H groups in total. The van der Waals surface area contributed by atoms with Crippen molar-refractivity contribution in [1.82, 2.24) is 15.2 Å². The summed E-state index contributed by atoms with van der Waals surface area (Å²) >= 11 is 0. The minimum atomic E-state index is -0.172. The van der Waals surface area contributed by atoms with Gasteiger partial charge in [-0.2, -0.15) is 0 Å². The average Bonchev–Trinajstić information content (AvgIpc) is 2.84. The molecule has 2 aliphatic heterocycles. The van der Waals surface area contributed by atoms with E-state index in [4.69, 9.17) is 0 Å². The van der Waals surface area contributed by atoms with E-state index >= 15 is 0 Å². The maximum atomic E-state index is 12.5. The fourth-order valence-corrected chi connectivity index (χ4v) is 4.30. The van der Waals surface area contributed by atoms with Crippen LogP contribution in [0.15, 0.2) is 42.6 Å². The molecule has 0 radical (unpaired) electrons. The first-order valence-corrected chi connectivity index (χ1v) is 9.89. The van der Waals surface area contributed by atoms with E-state index in [1.165, 1.54) is 5.56 Å². The Morgan fingerprint density at radius 2 is 2.04 bits per heavy atom. The SMILES string of the molecule is Cc1cccnc1CN1CCC[C@@]2(CC1)CC(=O)NCc1ccccc1N2. The number of carbonyl (C=O) groups is 1. The molecule has 1 aromatic carbocycles. The number of anilines is 1. The second-order valence-corrected chi connectivity index (χ2v) is 7.91. The highest BCUT2D eigenvalue weighted by molar-refractivity contribution is 5.79. The number of likely N-dealkylation sites (tertiary alicyclic amines) is 1. The highest BCUT2D eigenvalue weighted by Crippen LogP contribution is 2.33. The number of nitrogens with one attached hydrogen (secondary N) is 2. The second-order valence-electron chi connectivity index (χ2n) is 7.91. The van der Waals surface area contributed by atoms with E-state index in [2.05, 4.69) is 51.7 Å². The summed E-state index contributed by atoms with van der Waals surface area (Å²) in [5, 5.41) is 6.87. The van der Waals surface area contributed by atoms with Crippen LogP contribution in [0.25, 0.3) is 0 Å². The molecule has 0 aliphatic carbocycles. The number of rotatable bonds is 2. The van der Waals surface area contributed by atoms with Crippen molar-refractivity contribution >= 4 is 11.6 Å². The Kier molecular flexibility index (Phi) is 5.12. The minimum absolute atomic E-state index is 0.144. The Hall–Kier alpha value is -2.40. The Bertz CT molecular complexity index is 821. The summed E-state index contributed by atoms with van der Waals surface area (Å²) in [5.41, 5.74) is 4.55. The van der Waals surface area contributed by atoms with Gasteiger partial charge in [-0.25, -0.2) is 0 Å². The first-order chi connectivity index (χ1) is 13.1. The highest BCUT2D eigenvalue weighted by atomic mass is 16.1. The van der Waals surface area contributed by atoms with Crippen LogP contribution in [0, 0.1) is 6.92 Å². The van der Waals surface area contributed by atoms with E-state index in [1.807, 2.05) is 18.3 Å². The third-order valence-corrected chi connectivity index (χ3v) is 5.92. The number of pyridine rings is 1. The number of aryl methyl sites for hydroxylation is 1. The molecule has 5 nitrogen and oxygen atoms in total. The first kappa shape index (κ1) is 18.0. The molecule has 1 atom stereocenters. The van der Waals surface area contributed by atoms with Gasteiger partial charge in [0.15, 0.2) is 0 Å². The lowest BCUT2D eigenvalue weighted by molar-refractivity contribution is -0.122. The number of aromatic nitrogens is 1. The number of fused-ring (bicyclic) bond motifs is 1. The summed E-state index contributed by atoms with van der Waals surface area (Å²) in [4.78, 5) is 19.5. The maximum Gasteiger partial charge on any atom is 0.222 e. The summed E-state index contributed by atoms with van der Waals surface area (Å²) in [6, 6.07) is 12.4. The van der Waals surface area contributed by atoms with Gasteiger partial charge in [0.05, 0.1) is 5.69 Å². The van der Waals surface area contributed by atoms with E-state index in [9.17, 15) is 4.79 Å². The third kappa shape index (κ3) is 4.14. The van der Waals surface area contributed by atoms with Crippen LogP contribution in [0.2, 0.25) is 0 Å². The number of amides is 1. The zero-order valence-corrected chi connectivity index (χ0v) is 16.0. The molecule has 1 amide bonds. The molecule has 2 aliphatic rings. The Morgan fingerprint density at radius 1 is 1.15 bits per heavy atom. The molecule has 1 spiro atoms. The van der Waals surface area contributed by atoms with E-state index < -0.39 is 0 Å². The number of hydrogen-bond donors (Lipinski definition) is 2. The summed E-state index contributed by atoms with van der Waals surface area (Å²) in [6.07, 6.45) is 5.46. The summed E-state index contributed by atoms with van der Waals surface area (Å²) in [5.74, 6) is 0.144. The van der Waals surface area contributed by atoms with Crippen LogP contribution in [0.3, 0.4) is 0 Å². The normalized spacial score (nSPS) is 23.5. The van der Waals surface area contributed by atoms with E-state index in [0.717, 1.165) is 55.8 Å². The molecule has 1 fully saturated rings. The Labute approximate surface area is 161 Å². The molecule has 0 bridgehead atoms. The maximum absolute atomic E-state index is 12.5. The van der Waals surface area contributed by atoms with Crippen molar-refractivity contribution in [2.45, 2.75) is 51.2 Å². The number of nitrogens with zero attached hydrogens (tertiary/aromatic N) is 2. The molecule has 2 aromatic rings. The topological polar surface area (TPSA) is 57.3 Å². The van der Waals surface area contributed by atoms with Crippen molar-refractivity contribution in [3.05, 3.63) is 59.4 Å². The van der Waals surface area contributed by atoms with E-state index in [-0.39, 0.29) is 11.4 Å². The van der Waals surface area contributed by atoms with Crippen molar-refractivity contribution in [2.75, 3.05) is 18.4 Å². The second kappa shape index (κ2) is 7.69. The Balaban J connectivity index is 1.52. The summed E-state index contributed by atoms with van der Waals surface area (Å²) in [7, 11) is 0. The number of carbonyl (C=O) groups excluding carboxylic acids is 1. The van der Waals surface area contributed by atoms with Gasteiger partial charge < -0.3 is 10.6 Å². The van der Waals surface area contributed by atoms with Gasteiger partial charge in [0.25, 0.3) is 0 Å². The van der Waals surface area contributed by atoms with Gasteiger partial charge >= 0.3 is 0 Å². The Morgan fingerprint density at radius 3 is 2.93 bits per heavy atom. The molecule has 4 rings (SSSR count). The van der Waals surface area contributed by atoms with Crippen LogP contribution >= 0.6 is 0 Å². The van der Waals surface area contributed by atoms with Crippen molar-refractivity contribution in [3.8, 4) is 0 Å². The fourth-order valence-electron chi connectivity index (χ4n) is 4.30. The van der Waals surface area contributed by atoms with Crippen LogP contribution in [0.4, 0.5) is 5.69 Å². The summed E-state index contributed by atoms with van der Waals surface area (Å²) in [6.45, 7) is 5.62. The predicted molar refractivity (Wildman–Crippen MR) is 107 cm³/mol. The standard InChI is InChI=1S/C22H28N4O/c1-17-6-4-11-23-20(17)16-26-12-5-9-22(10-13-26)14-21(27)24-15-18-7-2-3-8-19(18)25-22/h2-4,6-8,11,25H,5,9-10,12-16H2,1H3,(H,24,27)/t22-/m1/s1. The largest absolute Gasteiger partial charge is 0.379 e. The van der Waals surface area contributed by atoms with Gasteiger partial charge in [0, 0.05) is 43.5 Å².